The Morgan fingerprint density at radius 1 is 1.50 bits per heavy atom. The van der Waals surface area contributed by atoms with Crippen LogP contribution in [-0.4, -0.2) is 33.2 Å². The van der Waals surface area contributed by atoms with Crippen LogP contribution in [0.2, 0.25) is 5.02 Å². The van der Waals surface area contributed by atoms with Gasteiger partial charge in [-0.3, -0.25) is 4.79 Å². The second kappa shape index (κ2) is 5.51. The van der Waals surface area contributed by atoms with Crippen LogP contribution in [0.25, 0.3) is 0 Å². The number of anilines is 1. The maximum Gasteiger partial charge on any atom is 0.228 e. The average Bonchev–Trinajstić information content (AvgIpc) is 2.70. The molecule has 1 aliphatic heterocycles. The van der Waals surface area contributed by atoms with Crippen LogP contribution in [0, 0.1) is 0 Å². The fourth-order valence-electron chi connectivity index (χ4n) is 2.08. The molecule has 1 heterocycles. The molecule has 0 saturated carbocycles. The van der Waals surface area contributed by atoms with E-state index in [9.17, 15) is 13.2 Å². The summed E-state index contributed by atoms with van der Waals surface area (Å²) < 4.78 is 28.6. The first kappa shape index (κ1) is 15.6. The van der Waals surface area contributed by atoms with Crippen molar-refractivity contribution in [3.05, 3.63) is 21.6 Å². The molecule has 1 fully saturated rings. The second-order valence-electron chi connectivity index (χ2n) is 4.36. The number of amides is 1. The summed E-state index contributed by atoms with van der Waals surface area (Å²) in [7, 11) is -2.31. The summed E-state index contributed by atoms with van der Waals surface area (Å²) in [6.45, 7) is -0.0131. The molecule has 6 nitrogen and oxygen atoms in total. The molecule has 1 atom stereocenters. The van der Waals surface area contributed by atoms with E-state index in [4.69, 9.17) is 21.5 Å². The van der Waals surface area contributed by atoms with E-state index < -0.39 is 15.3 Å². The van der Waals surface area contributed by atoms with E-state index >= 15 is 0 Å². The molecule has 2 rings (SSSR count). The largest absolute Gasteiger partial charge is 0.493 e. The molecule has 9 heteroatoms. The molecule has 0 bridgehead atoms. The molecule has 2 N–H and O–H groups in total. The first-order chi connectivity index (χ1) is 9.24. The number of nitrogens with two attached hydrogens (primary N) is 1. The summed E-state index contributed by atoms with van der Waals surface area (Å²) in [5.41, 5.74) is 0.419. The Balaban J connectivity index is 2.45. The van der Waals surface area contributed by atoms with E-state index in [0.717, 1.165) is 0 Å². The zero-order valence-corrected chi connectivity index (χ0v) is 13.6. The van der Waals surface area contributed by atoms with Crippen molar-refractivity contribution < 1.29 is 17.9 Å². The Kier molecular flexibility index (Phi) is 4.29. The van der Waals surface area contributed by atoms with Gasteiger partial charge in [-0.05, 0) is 28.1 Å². The first-order valence-electron chi connectivity index (χ1n) is 5.59. The third-order valence-corrected chi connectivity index (χ3v) is 5.09. The highest BCUT2D eigenvalue weighted by molar-refractivity contribution is 9.10. The number of benzene rings is 1. The van der Waals surface area contributed by atoms with Gasteiger partial charge < -0.3 is 9.64 Å². The van der Waals surface area contributed by atoms with Gasteiger partial charge in [0.25, 0.3) is 0 Å². The molecule has 0 spiro atoms. The number of hydrogen-bond acceptors (Lipinski definition) is 4. The van der Waals surface area contributed by atoms with E-state index in [1.54, 1.807) is 12.1 Å². The van der Waals surface area contributed by atoms with Gasteiger partial charge in [-0.25, -0.2) is 13.6 Å². The Bertz CT molecular complexity index is 665. The van der Waals surface area contributed by atoms with Crippen LogP contribution in [0.5, 0.6) is 5.75 Å². The highest BCUT2D eigenvalue weighted by atomic mass is 79.9. The maximum absolute atomic E-state index is 12.0. The minimum absolute atomic E-state index is 0.0131. The van der Waals surface area contributed by atoms with E-state index in [2.05, 4.69) is 15.9 Å². The van der Waals surface area contributed by atoms with Crippen LogP contribution >= 0.6 is 27.5 Å². The average molecular weight is 384 g/mol. The highest BCUT2D eigenvalue weighted by Gasteiger charge is 2.38. The van der Waals surface area contributed by atoms with Gasteiger partial charge in [0, 0.05) is 18.0 Å². The second-order valence-corrected chi connectivity index (χ2v) is 7.49. The zero-order valence-electron chi connectivity index (χ0n) is 10.5. The number of rotatable bonds is 3. The number of nitrogens with zero attached hydrogens (tertiary/aromatic N) is 1. The third-order valence-electron chi connectivity index (χ3n) is 3.04. The smallest absolute Gasteiger partial charge is 0.228 e. The number of methoxy groups -OCH3 is 1. The van der Waals surface area contributed by atoms with Gasteiger partial charge in [-0.15, -0.1) is 0 Å². The molecule has 1 aromatic carbocycles. The van der Waals surface area contributed by atoms with Crippen molar-refractivity contribution in [2.24, 2.45) is 5.14 Å². The number of ether oxygens (including phenoxy) is 1. The lowest BCUT2D eigenvalue weighted by Gasteiger charge is -2.20. The lowest BCUT2D eigenvalue weighted by atomic mass is 10.2. The van der Waals surface area contributed by atoms with Crippen LogP contribution < -0.4 is 14.8 Å². The van der Waals surface area contributed by atoms with Crippen LogP contribution in [-0.2, 0) is 14.8 Å². The molecule has 0 aromatic heterocycles. The van der Waals surface area contributed by atoms with Crippen LogP contribution in [0.15, 0.2) is 16.6 Å². The Hall–Kier alpha value is -0.830. The molecule has 1 aliphatic rings. The summed E-state index contributed by atoms with van der Waals surface area (Å²) >= 11 is 9.25. The number of halogens is 2. The minimum Gasteiger partial charge on any atom is -0.493 e. The van der Waals surface area contributed by atoms with Gasteiger partial charge in [0.1, 0.15) is 5.25 Å². The summed E-state index contributed by atoms with van der Waals surface area (Å²) in [6.07, 6.45) is -0.147. The predicted octanol–water partition coefficient (Wildman–Crippen LogP) is 1.50. The normalized spacial score (nSPS) is 19.5. The van der Waals surface area contributed by atoms with Crippen molar-refractivity contribution in [1.29, 1.82) is 0 Å². The summed E-state index contributed by atoms with van der Waals surface area (Å²) in [4.78, 5) is 13.3. The molecular weight excluding hydrogens is 372 g/mol. The van der Waals surface area contributed by atoms with Crippen LogP contribution in [0.3, 0.4) is 0 Å². The summed E-state index contributed by atoms with van der Waals surface area (Å²) in [5, 5.41) is 4.58. The Morgan fingerprint density at radius 3 is 2.65 bits per heavy atom. The number of primary sulfonamides is 1. The molecule has 0 aliphatic carbocycles. The number of hydrogen-bond donors (Lipinski definition) is 1. The predicted molar refractivity (Wildman–Crippen MR) is 79.6 cm³/mol. The quantitative estimate of drug-likeness (QED) is 0.856. The zero-order chi connectivity index (χ0) is 15.1. The number of sulfonamides is 1. The van der Waals surface area contributed by atoms with Gasteiger partial charge in [-0.1, -0.05) is 11.6 Å². The fraction of sp³-hybridized carbons (Fsp3) is 0.364. The van der Waals surface area contributed by atoms with E-state index in [-0.39, 0.29) is 18.9 Å². The van der Waals surface area contributed by atoms with Crippen LogP contribution in [0.1, 0.15) is 6.42 Å². The molecule has 1 amide bonds. The lowest BCUT2D eigenvalue weighted by molar-refractivity contribution is -0.117. The lowest BCUT2D eigenvalue weighted by Crippen LogP contribution is -2.32. The van der Waals surface area contributed by atoms with Gasteiger partial charge >= 0.3 is 0 Å². The Morgan fingerprint density at radius 2 is 2.15 bits per heavy atom. The first-order valence-corrected chi connectivity index (χ1v) is 8.37. The van der Waals surface area contributed by atoms with Crippen molar-refractivity contribution in [1.82, 2.24) is 0 Å². The standard InChI is InChI=1S/C11H12BrClN2O4S/c1-19-11-8(12)2-6(13)3-9(11)15-5-7(4-10(15)16)20(14,17)18/h2-3,7H,4-5H2,1H3,(H2,14,17,18). The highest BCUT2D eigenvalue weighted by Crippen LogP contribution is 2.40. The van der Waals surface area contributed by atoms with Gasteiger partial charge in [-0.2, -0.15) is 0 Å². The molecule has 1 unspecified atom stereocenters. The van der Waals surface area contributed by atoms with Crippen molar-refractivity contribution >= 4 is 49.1 Å². The Labute approximate surface area is 130 Å². The summed E-state index contributed by atoms with van der Waals surface area (Å²) in [5.74, 6) is 0.0781. The van der Waals surface area contributed by atoms with Crippen molar-refractivity contribution in [3.8, 4) is 5.75 Å². The molecule has 20 heavy (non-hydrogen) atoms. The number of carbonyl (C=O) groups is 1. The SMILES string of the molecule is COc1c(Br)cc(Cl)cc1N1CC(S(N)(=O)=O)CC1=O. The van der Waals surface area contributed by atoms with Gasteiger partial charge in [0.05, 0.1) is 17.3 Å². The fourth-order valence-corrected chi connectivity index (χ4v) is 3.76. The summed E-state index contributed by atoms with van der Waals surface area (Å²) in [6, 6.07) is 3.18. The van der Waals surface area contributed by atoms with E-state index in [1.165, 1.54) is 12.0 Å². The van der Waals surface area contributed by atoms with Crippen molar-refractivity contribution in [2.75, 3.05) is 18.6 Å². The van der Waals surface area contributed by atoms with Crippen molar-refractivity contribution in [3.63, 3.8) is 0 Å². The third kappa shape index (κ3) is 2.93. The van der Waals surface area contributed by atoms with Gasteiger partial charge in [0.2, 0.25) is 15.9 Å². The van der Waals surface area contributed by atoms with Crippen LogP contribution in [0.4, 0.5) is 5.69 Å². The van der Waals surface area contributed by atoms with Gasteiger partial charge in [0.15, 0.2) is 5.75 Å². The monoisotopic (exact) mass is 382 g/mol. The maximum atomic E-state index is 12.0. The topological polar surface area (TPSA) is 89.7 Å². The minimum atomic E-state index is -3.76. The molecule has 1 saturated heterocycles. The number of carbonyl (C=O) groups excluding carboxylic acids is 1. The molecule has 0 radical (unpaired) electrons. The molecule has 1 aromatic rings. The molecule has 110 valence electrons. The van der Waals surface area contributed by atoms with E-state index in [1.807, 2.05) is 0 Å². The van der Waals surface area contributed by atoms with Crippen molar-refractivity contribution in [2.45, 2.75) is 11.7 Å². The molecular formula is C11H12BrClN2O4S. The van der Waals surface area contributed by atoms with E-state index in [0.29, 0.717) is 20.9 Å².